The largest absolute Gasteiger partial charge is 0.396 e. The molecule has 88 valence electrons. The summed E-state index contributed by atoms with van der Waals surface area (Å²) in [4.78, 5) is 11.5. The Morgan fingerprint density at radius 3 is 2.50 bits per heavy atom. The maximum Gasteiger partial charge on any atom is 0.234 e. The van der Waals surface area contributed by atoms with Gasteiger partial charge in [0.1, 0.15) is 0 Å². The molecule has 0 heterocycles. The molecule has 3 nitrogen and oxygen atoms in total. The number of rotatable bonds is 5. The zero-order valence-corrected chi connectivity index (χ0v) is 10.4. The monoisotopic (exact) mass is 239 g/mol. The van der Waals surface area contributed by atoms with Gasteiger partial charge in [0, 0.05) is 11.4 Å². The van der Waals surface area contributed by atoms with E-state index in [0.717, 1.165) is 16.8 Å². The minimum atomic E-state index is -0.0246. The second kappa shape index (κ2) is 6.55. The van der Waals surface area contributed by atoms with Gasteiger partial charge in [-0.1, -0.05) is 6.07 Å². The second-order valence-electron chi connectivity index (χ2n) is 3.70. The highest BCUT2D eigenvalue weighted by atomic mass is 32.2. The molecule has 0 spiro atoms. The predicted molar refractivity (Wildman–Crippen MR) is 69.0 cm³/mol. The molecule has 0 bridgehead atoms. The number of amides is 1. The average molecular weight is 239 g/mol. The Morgan fingerprint density at radius 2 is 1.94 bits per heavy atom. The Hall–Kier alpha value is -1.00. The van der Waals surface area contributed by atoms with E-state index in [-0.39, 0.29) is 12.5 Å². The van der Waals surface area contributed by atoms with Gasteiger partial charge in [-0.15, -0.1) is 11.8 Å². The number of carbonyl (C=O) groups excluding carboxylic acids is 1. The standard InChI is InChI=1S/C12H17NO2S/c1-9-5-10(2)7-11(6-9)13-12(15)8-16-4-3-14/h5-7,14H,3-4,8H2,1-2H3,(H,13,15). The van der Waals surface area contributed by atoms with Crippen LogP contribution in [0.1, 0.15) is 11.1 Å². The SMILES string of the molecule is Cc1cc(C)cc(NC(=O)CSCCO)c1. The van der Waals surface area contributed by atoms with Crippen molar-refractivity contribution in [3.63, 3.8) is 0 Å². The van der Waals surface area contributed by atoms with Crippen molar-refractivity contribution in [3.05, 3.63) is 29.3 Å². The molecule has 1 aromatic carbocycles. The zero-order valence-electron chi connectivity index (χ0n) is 9.62. The number of carbonyl (C=O) groups is 1. The number of hydrogen-bond donors (Lipinski definition) is 2. The molecular formula is C12H17NO2S. The predicted octanol–water partition coefficient (Wildman–Crippen LogP) is 1.97. The summed E-state index contributed by atoms with van der Waals surface area (Å²) < 4.78 is 0. The van der Waals surface area contributed by atoms with Gasteiger partial charge in [-0.25, -0.2) is 0 Å². The average Bonchev–Trinajstić information content (AvgIpc) is 2.16. The molecule has 0 unspecified atom stereocenters. The molecule has 0 aliphatic rings. The van der Waals surface area contributed by atoms with Crippen molar-refractivity contribution >= 4 is 23.4 Å². The van der Waals surface area contributed by atoms with Crippen molar-refractivity contribution in [2.45, 2.75) is 13.8 Å². The first-order valence-electron chi connectivity index (χ1n) is 5.18. The number of anilines is 1. The van der Waals surface area contributed by atoms with E-state index in [1.165, 1.54) is 11.8 Å². The molecule has 1 amide bonds. The van der Waals surface area contributed by atoms with Crippen molar-refractivity contribution in [1.29, 1.82) is 0 Å². The zero-order chi connectivity index (χ0) is 12.0. The maximum atomic E-state index is 11.5. The number of aliphatic hydroxyl groups is 1. The number of nitrogens with one attached hydrogen (secondary N) is 1. The lowest BCUT2D eigenvalue weighted by atomic mass is 10.1. The summed E-state index contributed by atoms with van der Waals surface area (Å²) in [5.74, 6) is 0.955. The van der Waals surface area contributed by atoms with Crippen LogP contribution in [0, 0.1) is 13.8 Å². The smallest absolute Gasteiger partial charge is 0.234 e. The normalized spacial score (nSPS) is 10.2. The fourth-order valence-electron chi connectivity index (χ4n) is 1.47. The number of aryl methyl sites for hydroxylation is 2. The molecule has 0 aliphatic heterocycles. The van der Waals surface area contributed by atoms with Crippen LogP contribution in [0.4, 0.5) is 5.69 Å². The fourth-order valence-corrected chi connectivity index (χ4v) is 2.00. The molecule has 0 aromatic heterocycles. The van der Waals surface area contributed by atoms with E-state index < -0.39 is 0 Å². The Bertz CT molecular complexity index is 346. The van der Waals surface area contributed by atoms with Gasteiger partial charge < -0.3 is 10.4 Å². The fraction of sp³-hybridized carbons (Fsp3) is 0.417. The number of benzene rings is 1. The van der Waals surface area contributed by atoms with E-state index >= 15 is 0 Å². The molecule has 0 radical (unpaired) electrons. The van der Waals surface area contributed by atoms with Gasteiger partial charge in [0.05, 0.1) is 12.4 Å². The molecule has 1 rings (SSSR count). The van der Waals surface area contributed by atoms with Gasteiger partial charge in [-0.05, 0) is 37.1 Å². The Morgan fingerprint density at radius 1 is 1.31 bits per heavy atom. The first-order valence-corrected chi connectivity index (χ1v) is 6.34. The van der Waals surface area contributed by atoms with Gasteiger partial charge in [0.2, 0.25) is 5.91 Å². The molecule has 1 aromatic rings. The molecule has 2 N–H and O–H groups in total. The number of thioether (sulfide) groups is 1. The molecule has 0 aliphatic carbocycles. The summed E-state index contributed by atoms with van der Waals surface area (Å²) in [5, 5.41) is 11.4. The van der Waals surface area contributed by atoms with Gasteiger partial charge in [-0.3, -0.25) is 4.79 Å². The van der Waals surface area contributed by atoms with E-state index in [0.29, 0.717) is 11.5 Å². The van der Waals surface area contributed by atoms with Gasteiger partial charge >= 0.3 is 0 Å². The van der Waals surface area contributed by atoms with Crippen LogP contribution in [0.2, 0.25) is 0 Å². The summed E-state index contributed by atoms with van der Waals surface area (Å²) in [7, 11) is 0. The van der Waals surface area contributed by atoms with Gasteiger partial charge in [0.15, 0.2) is 0 Å². The highest BCUT2D eigenvalue weighted by molar-refractivity contribution is 7.99. The van der Waals surface area contributed by atoms with Crippen molar-refractivity contribution < 1.29 is 9.90 Å². The van der Waals surface area contributed by atoms with Crippen molar-refractivity contribution in [2.24, 2.45) is 0 Å². The third kappa shape index (κ3) is 4.68. The summed E-state index contributed by atoms with van der Waals surface area (Å²) >= 11 is 1.43. The van der Waals surface area contributed by atoms with Crippen LogP contribution in [-0.2, 0) is 4.79 Å². The van der Waals surface area contributed by atoms with E-state index in [4.69, 9.17) is 5.11 Å². The second-order valence-corrected chi connectivity index (χ2v) is 4.81. The lowest BCUT2D eigenvalue weighted by molar-refractivity contribution is -0.113. The molecule has 0 saturated heterocycles. The molecule has 0 atom stereocenters. The van der Waals surface area contributed by atoms with Gasteiger partial charge in [-0.2, -0.15) is 0 Å². The first-order chi connectivity index (χ1) is 7.61. The third-order valence-electron chi connectivity index (χ3n) is 1.97. The van der Waals surface area contributed by atoms with E-state index in [2.05, 4.69) is 11.4 Å². The molecular weight excluding hydrogens is 222 g/mol. The molecule has 0 fully saturated rings. The summed E-state index contributed by atoms with van der Waals surface area (Å²) in [6, 6.07) is 5.96. The minimum absolute atomic E-state index is 0.0246. The number of aliphatic hydroxyl groups excluding tert-OH is 1. The first kappa shape index (κ1) is 13.1. The lowest BCUT2D eigenvalue weighted by Crippen LogP contribution is -2.14. The van der Waals surface area contributed by atoms with Crippen molar-refractivity contribution in [2.75, 3.05) is 23.4 Å². The van der Waals surface area contributed by atoms with Crippen LogP contribution >= 0.6 is 11.8 Å². The topological polar surface area (TPSA) is 49.3 Å². The van der Waals surface area contributed by atoms with E-state index in [1.54, 1.807) is 0 Å². The highest BCUT2D eigenvalue weighted by Gasteiger charge is 2.03. The van der Waals surface area contributed by atoms with Crippen molar-refractivity contribution in [1.82, 2.24) is 0 Å². The van der Waals surface area contributed by atoms with Crippen molar-refractivity contribution in [3.8, 4) is 0 Å². The summed E-state index contributed by atoms with van der Waals surface area (Å²) in [5.41, 5.74) is 3.11. The van der Waals surface area contributed by atoms with Gasteiger partial charge in [0.25, 0.3) is 0 Å². The quantitative estimate of drug-likeness (QED) is 0.772. The van der Waals surface area contributed by atoms with Crippen LogP contribution < -0.4 is 5.32 Å². The lowest BCUT2D eigenvalue weighted by Gasteiger charge is -2.07. The Kier molecular flexibility index (Phi) is 5.35. The van der Waals surface area contributed by atoms with Crippen LogP contribution in [-0.4, -0.2) is 29.1 Å². The summed E-state index contributed by atoms with van der Waals surface area (Å²) in [6.45, 7) is 4.12. The Labute approximate surface area is 100 Å². The minimum Gasteiger partial charge on any atom is -0.396 e. The van der Waals surface area contributed by atoms with Crippen LogP contribution in [0.15, 0.2) is 18.2 Å². The summed E-state index contributed by atoms with van der Waals surface area (Å²) in [6.07, 6.45) is 0. The maximum absolute atomic E-state index is 11.5. The van der Waals surface area contributed by atoms with Crippen LogP contribution in [0.5, 0.6) is 0 Å². The molecule has 16 heavy (non-hydrogen) atoms. The van der Waals surface area contributed by atoms with Crippen LogP contribution in [0.25, 0.3) is 0 Å². The molecule has 0 saturated carbocycles. The van der Waals surface area contributed by atoms with Crippen LogP contribution in [0.3, 0.4) is 0 Å². The molecule has 4 heteroatoms. The Balaban J connectivity index is 2.49. The third-order valence-corrected chi connectivity index (χ3v) is 2.91. The highest BCUT2D eigenvalue weighted by Crippen LogP contribution is 2.14. The van der Waals surface area contributed by atoms with E-state index in [9.17, 15) is 4.79 Å². The van der Waals surface area contributed by atoms with E-state index in [1.807, 2.05) is 26.0 Å². The number of hydrogen-bond acceptors (Lipinski definition) is 3.